The summed E-state index contributed by atoms with van der Waals surface area (Å²) >= 11 is 0. The number of aliphatic hydroxyl groups is 1. The van der Waals surface area contributed by atoms with Gasteiger partial charge in [0.25, 0.3) is 0 Å². The van der Waals surface area contributed by atoms with Crippen LogP contribution in [0.5, 0.6) is 0 Å². The highest BCUT2D eigenvalue weighted by Gasteiger charge is 2.83. The van der Waals surface area contributed by atoms with Gasteiger partial charge in [-0.3, -0.25) is 4.79 Å². The van der Waals surface area contributed by atoms with E-state index in [1.165, 1.54) is 25.0 Å². The van der Waals surface area contributed by atoms with Crippen molar-refractivity contribution in [3.8, 4) is 0 Å². The summed E-state index contributed by atoms with van der Waals surface area (Å²) in [5.41, 5.74) is 0.908. The van der Waals surface area contributed by atoms with Crippen LogP contribution in [0.25, 0.3) is 0 Å². The Morgan fingerprint density at radius 1 is 1.06 bits per heavy atom. The van der Waals surface area contributed by atoms with Gasteiger partial charge in [-0.15, -0.1) is 0 Å². The van der Waals surface area contributed by atoms with Crippen LogP contribution in [0, 0.1) is 50.5 Å². The SMILES string of the molecule is CCCC(CNCc1cc(F)cc(F)c1)OC1CC2(C)CCC34CC35CCC(OC3CN(C(C)=O)CCO3)C(C)(C)C5CCC4C2(C)C1O. The molecule has 1 aliphatic heterocycles. The van der Waals surface area contributed by atoms with Crippen molar-refractivity contribution in [1.82, 2.24) is 10.2 Å². The number of halogens is 2. The fourth-order valence-corrected chi connectivity index (χ4v) is 12.7. The Kier molecular flexibility index (Phi) is 9.32. The molecule has 1 saturated heterocycles. The van der Waals surface area contributed by atoms with Crippen molar-refractivity contribution in [2.45, 2.75) is 143 Å². The maximum Gasteiger partial charge on any atom is 0.219 e. The van der Waals surface area contributed by atoms with E-state index in [-0.39, 0.29) is 52.2 Å². The van der Waals surface area contributed by atoms with Crippen LogP contribution < -0.4 is 5.32 Å². The number of benzene rings is 1. The number of hydrogen-bond donors (Lipinski definition) is 2. The van der Waals surface area contributed by atoms with Crippen LogP contribution >= 0.6 is 0 Å². The molecule has 2 spiro atoms. The molecule has 6 aliphatic rings. The highest BCUT2D eigenvalue weighted by Crippen LogP contribution is 2.88. The van der Waals surface area contributed by atoms with Crippen LogP contribution in [-0.4, -0.2) is 72.9 Å². The van der Waals surface area contributed by atoms with E-state index in [0.717, 1.165) is 57.4 Å². The molecule has 9 heteroatoms. The minimum absolute atomic E-state index is 0.00361. The Bertz CT molecular complexity index is 1390. The van der Waals surface area contributed by atoms with E-state index >= 15 is 0 Å². The van der Waals surface area contributed by atoms with Crippen molar-refractivity contribution in [2.75, 3.05) is 26.2 Å². The van der Waals surface area contributed by atoms with Crippen molar-refractivity contribution in [1.29, 1.82) is 0 Å². The average molecular weight is 687 g/mol. The second kappa shape index (κ2) is 12.8. The summed E-state index contributed by atoms with van der Waals surface area (Å²) in [6.07, 6.45) is 9.60. The number of nitrogens with one attached hydrogen (secondary N) is 1. The van der Waals surface area contributed by atoms with E-state index in [4.69, 9.17) is 14.2 Å². The molecule has 1 aromatic carbocycles. The first-order valence-electron chi connectivity index (χ1n) is 19.2. The number of carbonyl (C=O) groups excluding carboxylic acids is 1. The zero-order valence-electron chi connectivity index (χ0n) is 30.7. The Morgan fingerprint density at radius 2 is 1.78 bits per heavy atom. The molecular formula is C40H60F2N2O5. The topological polar surface area (TPSA) is 80.3 Å². The Balaban J connectivity index is 1.03. The van der Waals surface area contributed by atoms with E-state index in [9.17, 15) is 18.7 Å². The summed E-state index contributed by atoms with van der Waals surface area (Å²) in [6, 6.07) is 3.62. The van der Waals surface area contributed by atoms with Crippen LogP contribution in [-0.2, 0) is 25.5 Å². The lowest BCUT2D eigenvalue weighted by atomic mass is 9.42. The maximum atomic E-state index is 13.7. The van der Waals surface area contributed by atoms with Gasteiger partial charge in [-0.2, -0.15) is 0 Å². The summed E-state index contributed by atoms with van der Waals surface area (Å²) in [5.74, 6) is -0.0350. The third kappa shape index (κ3) is 5.71. The van der Waals surface area contributed by atoms with E-state index in [1.54, 1.807) is 6.92 Å². The van der Waals surface area contributed by atoms with E-state index < -0.39 is 17.7 Å². The van der Waals surface area contributed by atoms with Gasteiger partial charge >= 0.3 is 0 Å². The fourth-order valence-electron chi connectivity index (χ4n) is 12.7. The van der Waals surface area contributed by atoms with Gasteiger partial charge in [0.05, 0.1) is 37.6 Å². The predicted octanol–water partition coefficient (Wildman–Crippen LogP) is 6.99. The third-order valence-corrected chi connectivity index (χ3v) is 15.3. The molecule has 0 aromatic heterocycles. The fraction of sp³-hybridized carbons (Fsp3) is 0.825. The summed E-state index contributed by atoms with van der Waals surface area (Å²) in [7, 11) is 0. The van der Waals surface area contributed by atoms with Crippen molar-refractivity contribution < 1.29 is 32.9 Å². The van der Waals surface area contributed by atoms with Gasteiger partial charge in [0, 0.05) is 38.0 Å². The summed E-state index contributed by atoms with van der Waals surface area (Å²) < 4.78 is 47.0. The first kappa shape index (κ1) is 35.7. The number of nitrogens with zero attached hydrogens (tertiary/aromatic N) is 1. The Labute approximate surface area is 292 Å². The molecule has 5 aliphatic carbocycles. The van der Waals surface area contributed by atoms with E-state index in [1.807, 2.05) is 4.90 Å². The molecule has 7 nitrogen and oxygen atoms in total. The maximum absolute atomic E-state index is 13.7. The van der Waals surface area contributed by atoms with Gasteiger partial charge in [-0.1, -0.05) is 41.0 Å². The molecule has 5 saturated carbocycles. The van der Waals surface area contributed by atoms with Crippen LogP contribution in [0.4, 0.5) is 8.78 Å². The Morgan fingerprint density at radius 3 is 2.49 bits per heavy atom. The molecule has 49 heavy (non-hydrogen) atoms. The first-order chi connectivity index (χ1) is 23.2. The minimum atomic E-state index is -0.568. The molecule has 2 N–H and O–H groups in total. The van der Waals surface area contributed by atoms with E-state index in [2.05, 4.69) is 39.9 Å². The number of rotatable bonds is 10. The predicted molar refractivity (Wildman–Crippen MR) is 183 cm³/mol. The number of amides is 1. The standard InChI is InChI=1S/C40H60F2N2O5/c1-7-8-29(22-43-21-26-17-27(41)19-28(42)18-26)48-30-20-37(5)13-14-40-24-39(40)12-11-33(49-34-23-44(25(2)45)15-16-47-34)36(3,4)31(39)9-10-32(40)38(37,6)35(30)46/h17-19,29-35,43,46H,7-16,20-24H2,1-6H3. The summed E-state index contributed by atoms with van der Waals surface area (Å²) in [6.45, 7) is 16.0. The molecule has 1 aromatic rings. The minimum Gasteiger partial charge on any atom is -0.390 e. The van der Waals surface area contributed by atoms with Crippen molar-refractivity contribution in [2.24, 2.45) is 38.9 Å². The van der Waals surface area contributed by atoms with Crippen LogP contribution in [0.1, 0.15) is 111 Å². The average Bonchev–Trinajstić information content (AvgIpc) is 3.66. The molecular weight excluding hydrogens is 626 g/mol. The molecule has 1 heterocycles. The monoisotopic (exact) mass is 686 g/mol. The summed E-state index contributed by atoms with van der Waals surface area (Å²) in [5, 5.41) is 15.7. The molecule has 0 radical (unpaired) electrons. The van der Waals surface area contributed by atoms with E-state index in [0.29, 0.717) is 55.6 Å². The molecule has 11 atom stereocenters. The second-order valence-electron chi connectivity index (χ2n) is 17.9. The molecule has 6 fully saturated rings. The second-order valence-corrected chi connectivity index (χ2v) is 17.9. The van der Waals surface area contributed by atoms with Crippen LogP contribution in [0.15, 0.2) is 18.2 Å². The van der Waals surface area contributed by atoms with Crippen molar-refractivity contribution in [3.05, 3.63) is 35.4 Å². The van der Waals surface area contributed by atoms with Gasteiger partial charge in [0.15, 0.2) is 6.29 Å². The van der Waals surface area contributed by atoms with Crippen LogP contribution in [0.2, 0.25) is 0 Å². The van der Waals surface area contributed by atoms with Crippen molar-refractivity contribution >= 4 is 5.91 Å². The quantitative estimate of drug-likeness (QED) is 0.276. The number of carbonyl (C=O) groups is 1. The third-order valence-electron chi connectivity index (χ3n) is 15.3. The van der Waals surface area contributed by atoms with Gasteiger partial charge in [-0.05, 0) is 109 Å². The first-order valence-corrected chi connectivity index (χ1v) is 19.2. The van der Waals surface area contributed by atoms with Gasteiger partial charge < -0.3 is 29.5 Å². The summed E-state index contributed by atoms with van der Waals surface area (Å²) in [4.78, 5) is 13.9. The normalized spacial score (nSPS) is 42.8. The molecule has 274 valence electrons. The molecule has 0 bridgehead atoms. The van der Waals surface area contributed by atoms with Gasteiger partial charge in [-0.25, -0.2) is 8.78 Å². The molecule has 1 amide bonds. The Hall–Kier alpha value is -1.65. The lowest BCUT2D eigenvalue weighted by molar-refractivity contribution is -0.247. The van der Waals surface area contributed by atoms with Crippen LogP contribution in [0.3, 0.4) is 0 Å². The number of ether oxygens (including phenoxy) is 3. The highest BCUT2D eigenvalue weighted by molar-refractivity contribution is 5.73. The largest absolute Gasteiger partial charge is 0.390 e. The number of fused-ring (bicyclic) bond motifs is 2. The lowest BCUT2D eigenvalue weighted by Crippen LogP contribution is -2.60. The zero-order valence-corrected chi connectivity index (χ0v) is 30.7. The van der Waals surface area contributed by atoms with Gasteiger partial charge in [0.2, 0.25) is 5.91 Å². The van der Waals surface area contributed by atoms with Crippen molar-refractivity contribution in [3.63, 3.8) is 0 Å². The van der Waals surface area contributed by atoms with Gasteiger partial charge in [0.1, 0.15) is 11.6 Å². The lowest BCUT2D eigenvalue weighted by Gasteiger charge is -2.63. The molecule has 11 unspecified atom stereocenters. The zero-order chi connectivity index (χ0) is 35.0. The number of morpholine rings is 1. The number of hydrogen-bond acceptors (Lipinski definition) is 6. The smallest absolute Gasteiger partial charge is 0.219 e. The number of aliphatic hydroxyl groups excluding tert-OH is 1. The highest BCUT2D eigenvalue weighted by atomic mass is 19.1. The molecule has 7 rings (SSSR count).